The van der Waals surface area contributed by atoms with Crippen LogP contribution in [0.25, 0.3) is 0 Å². The van der Waals surface area contributed by atoms with Gasteiger partial charge in [-0.05, 0) is 24.6 Å². The molecule has 0 aromatic carbocycles. The standard InChI is InChI=1S/C12H11ClN2O/c1-8-4-9(6-14-5-8)12(16)11-3-2-10(13)7-15-11/h2-7,12,16H,1H3. The van der Waals surface area contributed by atoms with Gasteiger partial charge in [-0.15, -0.1) is 0 Å². The first-order valence-corrected chi connectivity index (χ1v) is 5.25. The highest BCUT2D eigenvalue weighted by molar-refractivity contribution is 6.30. The van der Waals surface area contributed by atoms with Crippen molar-refractivity contribution in [2.45, 2.75) is 13.0 Å². The molecule has 0 saturated heterocycles. The Balaban J connectivity index is 2.31. The Kier molecular flexibility index (Phi) is 3.17. The Hall–Kier alpha value is -1.45. The molecule has 0 aliphatic rings. The summed E-state index contributed by atoms with van der Waals surface area (Å²) in [6, 6.07) is 5.29. The highest BCUT2D eigenvalue weighted by Gasteiger charge is 2.11. The first kappa shape index (κ1) is 11.0. The fraction of sp³-hybridized carbons (Fsp3) is 0.167. The van der Waals surface area contributed by atoms with E-state index in [2.05, 4.69) is 9.97 Å². The molecule has 82 valence electrons. The second-order valence-electron chi connectivity index (χ2n) is 3.60. The van der Waals surface area contributed by atoms with Crippen LogP contribution in [0.2, 0.25) is 5.02 Å². The summed E-state index contributed by atoms with van der Waals surface area (Å²) in [6.07, 6.45) is 4.13. The number of aliphatic hydroxyl groups is 1. The molecule has 2 aromatic heterocycles. The quantitative estimate of drug-likeness (QED) is 0.869. The number of hydrogen-bond acceptors (Lipinski definition) is 3. The Morgan fingerprint density at radius 3 is 2.69 bits per heavy atom. The van der Waals surface area contributed by atoms with Crippen LogP contribution in [0.1, 0.15) is 22.9 Å². The van der Waals surface area contributed by atoms with E-state index in [1.165, 1.54) is 6.20 Å². The van der Waals surface area contributed by atoms with Crippen LogP contribution in [-0.2, 0) is 0 Å². The van der Waals surface area contributed by atoms with Crippen molar-refractivity contribution in [1.29, 1.82) is 0 Å². The molecular weight excluding hydrogens is 224 g/mol. The number of nitrogens with zero attached hydrogens (tertiary/aromatic N) is 2. The predicted molar refractivity (Wildman–Crippen MR) is 62.3 cm³/mol. The summed E-state index contributed by atoms with van der Waals surface area (Å²) >= 11 is 5.73. The van der Waals surface area contributed by atoms with Crippen molar-refractivity contribution in [2.24, 2.45) is 0 Å². The lowest BCUT2D eigenvalue weighted by Gasteiger charge is -2.10. The minimum Gasteiger partial charge on any atom is -0.382 e. The number of aryl methyl sites for hydroxylation is 1. The van der Waals surface area contributed by atoms with Gasteiger partial charge in [0.15, 0.2) is 0 Å². The van der Waals surface area contributed by atoms with Crippen molar-refractivity contribution in [3.05, 3.63) is 58.6 Å². The Bertz CT molecular complexity index is 485. The molecule has 1 atom stereocenters. The van der Waals surface area contributed by atoms with Gasteiger partial charge in [0.1, 0.15) is 6.10 Å². The van der Waals surface area contributed by atoms with Crippen molar-refractivity contribution in [3.8, 4) is 0 Å². The van der Waals surface area contributed by atoms with Crippen LogP contribution >= 0.6 is 11.6 Å². The predicted octanol–water partition coefficient (Wildman–Crippen LogP) is 2.52. The maximum Gasteiger partial charge on any atom is 0.122 e. The van der Waals surface area contributed by atoms with Crippen LogP contribution in [0.4, 0.5) is 0 Å². The van der Waals surface area contributed by atoms with Crippen LogP contribution in [0, 0.1) is 6.92 Å². The summed E-state index contributed by atoms with van der Waals surface area (Å²) in [4.78, 5) is 8.11. The average Bonchev–Trinajstić information content (AvgIpc) is 2.29. The van der Waals surface area contributed by atoms with Gasteiger partial charge in [-0.3, -0.25) is 9.97 Å². The van der Waals surface area contributed by atoms with E-state index in [9.17, 15) is 5.11 Å². The molecule has 0 radical (unpaired) electrons. The summed E-state index contributed by atoms with van der Waals surface area (Å²) in [5.41, 5.74) is 2.30. The molecule has 0 fully saturated rings. The summed E-state index contributed by atoms with van der Waals surface area (Å²) in [7, 11) is 0. The Morgan fingerprint density at radius 2 is 2.06 bits per heavy atom. The van der Waals surface area contributed by atoms with Crippen molar-refractivity contribution in [2.75, 3.05) is 0 Å². The molecule has 0 saturated carbocycles. The Labute approximate surface area is 98.8 Å². The first-order valence-electron chi connectivity index (χ1n) is 4.88. The van der Waals surface area contributed by atoms with E-state index >= 15 is 0 Å². The van der Waals surface area contributed by atoms with Crippen LogP contribution in [0.3, 0.4) is 0 Å². The number of pyridine rings is 2. The van der Waals surface area contributed by atoms with E-state index in [4.69, 9.17) is 11.6 Å². The fourth-order valence-corrected chi connectivity index (χ4v) is 1.56. The van der Waals surface area contributed by atoms with Gasteiger partial charge in [-0.25, -0.2) is 0 Å². The largest absolute Gasteiger partial charge is 0.382 e. The lowest BCUT2D eigenvalue weighted by Crippen LogP contribution is -2.02. The second kappa shape index (κ2) is 4.60. The molecule has 4 heteroatoms. The molecule has 0 spiro atoms. The van der Waals surface area contributed by atoms with Gasteiger partial charge < -0.3 is 5.11 Å². The van der Waals surface area contributed by atoms with Crippen LogP contribution < -0.4 is 0 Å². The smallest absolute Gasteiger partial charge is 0.122 e. The maximum absolute atomic E-state index is 10.1. The monoisotopic (exact) mass is 234 g/mol. The first-order chi connectivity index (χ1) is 7.66. The highest BCUT2D eigenvalue weighted by atomic mass is 35.5. The minimum atomic E-state index is -0.760. The lowest BCUT2D eigenvalue weighted by atomic mass is 10.1. The van der Waals surface area contributed by atoms with Crippen LogP contribution in [-0.4, -0.2) is 15.1 Å². The van der Waals surface area contributed by atoms with Gasteiger partial charge in [0, 0.05) is 24.2 Å². The molecule has 16 heavy (non-hydrogen) atoms. The van der Waals surface area contributed by atoms with Crippen molar-refractivity contribution < 1.29 is 5.11 Å². The highest BCUT2D eigenvalue weighted by Crippen LogP contribution is 2.20. The topological polar surface area (TPSA) is 46.0 Å². The van der Waals surface area contributed by atoms with Gasteiger partial charge in [-0.2, -0.15) is 0 Å². The molecule has 3 nitrogen and oxygen atoms in total. The zero-order valence-electron chi connectivity index (χ0n) is 8.76. The minimum absolute atomic E-state index is 0.554. The molecular formula is C12H11ClN2O. The van der Waals surface area contributed by atoms with Gasteiger partial charge in [0.25, 0.3) is 0 Å². The van der Waals surface area contributed by atoms with E-state index in [0.29, 0.717) is 10.7 Å². The normalized spacial score (nSPS) is 12.4. The third-order valence-electron chi connectivity index (χ3n) is 2.24. The van der Waals surface area contributed by atoms with Gasteiger partial charge in [0.2, 0.25) is 0 Å². The molecule has 1 N–H and O–H groups in total. The summed E-state index contributed by atoms with van der Waals surface area (Å²) in [5, 5.41) is 10.6. The number of rotatable bonds is 2. The SMILES string of the molecule is Cc1cncc(C(O)c2ccc(Cl)cn2)c1. The van der Waals surface area contributed by atoms with Gasteiger partial charge >= 0.3 is 0 Å². The molecule has 0 aliphatic heterocycles. The summed E-state index contributed by atoms with van der Waals surface area (Å²) < 4.78 is 0. The van der Waals surface area contributed by atoms with Crippen molar-refractivity contribution in [1.82, 2.24) is 9.97 Å². The zero-order valence-corrected chi connectivity index (χ0v) is 9.52. The van der Waals surface area contributed by atoms with Crippen LogP contribution in [0.15, 0.2) is 36.8 Å². The zero-order chi connectivity index (χ0) is 11.5. The summed E-state index contributed by atoms with van der Waals surface area (Å²) in [6.45, 7) is 1.93. The van der Waals surface area contributed by atoms with Crippen molar-refractivity contribution in [3.63, 3.8) is 0 Å². The second-order valence-corrected chi connectivity index (χ2v) is 4.04. The average molecular weight is 235 g/mol. The molecule has 0 amide bonds. The fourth-order valence-electron chi connectivity index (χ4n) is 1.45. The number of halogens is 1. The third kappa shape index (κ3) is 2.38. The van der Waals surface area contributed by atoms with E-state index in [-0.39, 0.29) is 0 Å². The molecule has 2 rings (SSSR count). The maximum atomic E-state index is 10.1. The number of aromatic nitrogens is 2. The molecule has 0 aliphatic carbocycles. The van der Waals surface area contributed by atoms with E-state index in [1.807, 2.05) is 13.0 Å². The molecule has 1 unspecified atom stereocenters. The number of hydrogen-bond donors (Lipinski definition) is 1. The van der Waals surface area contributed by atoms with Gasteiger partial charge in [0.05, 0.1) is 10.7 Å². The van der Waals surface area contributed by atoms with E-state index < -0.39 is 6.10 Å². The van der Waals surface area contributed by atoms with Crippen LogP contribution in [0.5, 0.6) is 0 Å². The van der Waals surface area contributed by atoms with Gasteiger partial charge in [-0.1, -0.05) is 17.7 Å². The molecule has 2 aromatic rings. The lowest BCUT2D eigenvalue weighted by molar-refractivity contribution is 0.215. The Morgan fingerprint density at radius 1 is 1.25 bits per heavy atom. The molecule has 2 heterocycles. The summed E-state index contributed by atoms with van der Waals surface area (Å²) in [5.74, 6) is 0. The van der Waals surface area contributed by atoms with Crippen molar-refractivity contribution >= 4 is 11.6 Å². The molecule has 0 bridgehead atoms. The van der Waals surface area contributed by atoms with E-state index in [0.717, 1.165) is 11.1 Å². The number of aliphatic hydroxyl groups excluding tert-OH is 1. The van der Waals surface area contributed by atoms with E-state index in [1.54, 1.807) is 24.5 Å². The third-order valence-corrected chi connectivity index (χ3v) is 2.47.